The number of aromatic nitrogens is 3. The van der Waals surface area contributed by atoms with Crippen LogP contribution >= 0.6 is 11.6 Å². The number of H-pyrrole nitrogens is 1. The van der Waals surface area contributed by atoms with E-state index in [1.165, 1.54) is 23.1 Å². The van der Waals surface area contributed by atoms with E-state index in [-0.39, 0.29) is 5.02 Å². The van der Waals surface area contributed by atoms with Crippen LogP contribution in [0.4, 0.5) is 26.4 Å². The Balaban J connectivity index is 1.38. The highest BCUT2D eigenvalue weighted by Crippen LogP contribution is 2.38. The van der Waals surface area contributed by atoms with E-state index in [1.54, 1.807) is 18.3 Å². The molecule has 0 fully saturated rings. The predicted octanol–water partition coefficient (Wildman–Crippen LogP) is 6.23. The summed E-state index contributed by atoms with van der Waals surface area (Å²) >= 11 is 5.91. The highest BCUT2D eigenvalue weighted by atomic mass is 35.5. The highest BCUT2D eigenvalue weighted by Gasteiger charge is 2.18. The van der Waals surface area contributed by atoms with E-state index in [4.69, 9.17) is 27.8 Å². The number of aromatic amines is 1. The van der Waals surface area contributed by atoms with Crippen LogP contribution in [0.5, 0.6) is 5.75 Å². The molecule has 192 valence electrons. The third-order valence-electron chi connectivity index (χ3n) is 6.12. The zero-order chi connectivity index (χ0) is 26.6. The minimum Gasteiger partial charge on any atom is -0.491 e. The summed E-state index contributed by atoms with van der Waals surface area (Å²) < 4.78 is 19.7. The van der Waals surface area contributed by atoms with Crippen LogP contribution in [0.25, 0.3) is 22.0 Å². The number of fused-ring (bicyclic) bond motifs is 1. The molecule has 0 saturated carbocycles. The molecule has 0 aliphatic carbocycles. The number of nitrogens with one attached hydrogen (secondary N) is 1. The Kier molecular flexibility index (Phi) is 7.10. The van der Waals surface area contributed by atoms with Crippen molar-refractivity contribution in [2.75, 3.05) is 17.2 Å². The number of aryl methyl sites for hydroxylation is 1. The lowest BCUT2D eigenvalue weighted by atomic mass is 10.0. The van der Waals surface area contributed by atoms with Crippen molar-refractivity contribution in [1.82, 2.24) is 15.2 Å². The first-order valence-electron chi connectivity index (χ1n) is 11.9. The first-order chi connectivity index (χ1) is 18.4. The minimum atomic E-state index is -0.730. The monoisotopic (exact) mass is 530 g/mol. The van der Waals surface area contributed by atoms with Crippen molar-refractivity contribution in [3.8, 4) is 16.9 Å². The molecule has 0 radical (unpaired) electrons. The number of carbonyl (C=O) groups excluding carboxylic acids is 1. The summed E-state index contributed by atoms with van der Waals surface area (Å²) in [6, 6.07) is 18.2. The molecule has 2 heterocycles. The van der Waals surface area contributed by atoms with E-state index < -0.39 is 11.8 Å². The summed E-state index contributed by atoms with van der Waals surface area (Å²) in [7, 11) is 0. The number of amides is 2. The van der Waals surface area contributed by atoms with Gasteiger partial charge >= 0.3 is 6.03 Å². The van der Waals surface area contributed by atoms with E-state index in [9.17, 15) is 9.18 Å². The summed E-state index contributed by atoms with van der Waals surface area (Å²) in [5, 5.41) is 7.80. The van der Waals surface area contributed by atoms with E-state index in [1.807, 2.05) is 42.6 Å². The highest BCUT2D eigenvalue weighted by molar-refractivity contribution is 6.31. The molecule has 5 aromatic rings. The lowest BCUT2D eigenvalue weighted by Crippen LogP contribution is -2.31. The molecular weight excluding hydrogens is 507 g/mol. The van der Waals surface area contributed by atoms with E-state index in [2.05, 4.69) is 15.2 Å². The third-order valence-corrected chi connectivity index (χ3v) is 6.41. The first kappa shape index (κ1) is 25.0. The molecule has 38 heavy (non-hydrogen) atoms. The van der Waals surface area contributed by atoms with Crippen LogP contribution < -0.4 is 21.1 Å². The molecule has 0 aliphatic heterocycles. The number of nitrogens with zero attached hydrogens (tertiary/aromatic N) is 3. The fraction of sp³-hybridized carbons (Fsp3) is 0.107. The number of anilines is 3. The second kappa shape index (κ2) is 10.8. The number of rotatable bonds is 8. The second-order valence-corrected chi connectivity index (χ2v) is 9.01. The van der Waals surface area contributed by atoms with Crippen LogP contribution in [0.3, 0.4) is 0 Å². The summed E-state index contributed by atoms with van der Waals surface area (Å²) in [4.78, 5) is 17.6. The Morgan fingerprint density at radius 2 is 1.87 bits per heavy atom. The van der Waals surface area contributed by atoms with Crippen molar-refractivity contribution in [2.24, 2.45) is 5.73 Å². The second-order valence-electron chi connectivity index (χ2n) is 8.60. The number of primary amides is 1. The molecule has 8 nitrogen and oxygen atoms in total. The topological polar surface area (TPSA) is 123 Å². The van der Waals surface area contributed by atoms with Crippen molar-refractivity contribution >= 4 is 45.7 Å². The van der Waals surface area contributed by atoms with Crippen LogP contribution in [0.15, 0.2) is 79.1 Å². The summed E-state index contributed by atoms with van der Waals surface area (Å²) in [5.41, 5.74) is 16.2. The van der Waals surface area contributed by atoms with Crippen molar-refractivity contribution in [3.05, 3.63) is 95.5 Å². The fourth-order valence-electron chi connectivity index (χ4n) is 4.32. The number of hydrogen-bond acceptors (Lipinski definition) is 5. The fourth-order valence-corrected chi connectivity index (χ4v) is 4.49. The van der Waals surface area contributed by atoms with Crippen LogP contribution in [0.2, 0.25) is 5.02 Å². The Labute approximate surface area is 223 Å². The van der Waals surface area contributed by atoms with E-state index in [0.29, 0.717) is 35.1 Å². The van der Waals surface area contributed by atoms with Gasteiger partial charge in [0.25, 0.3) is 0 Å². The van der Waals surface area contributed by atoms with Gasteiger partial charge in [-0.2, -0.15) is 5.10 Å². The lowest BCUT2D eigenvalue weighted by molar-refractivity contribution is 0.256. The summed E-state index contributed by atoms with van der Waals surface area (Å²) in [5.74, 6) is 0.418. The third kappa shape index (κ3) is 5.09. The Morgan fingerprint density at radius 1 is 1.08 bits per heavy atom. The van der Waals surface area contributed by atoms with E-state index in [0.717, 1.165) is 34.9 Å². The molecular formula is C28H24ClFN6O2. The van der Waals surface area contributed by atoms with Gasteiger partial charge in [-0.15, -0.1) is 0 Å². The predicted molar refractivity (Wildman–Crippen MR) is 147 cm³/mol. The van der Waals surface area contributed by atoms with Crippen LogP contribution in [-0.2, 0) is 6.42 Å². The molecule has 3 aromatic carbocycles. The Hall–Kier alpha value is -4.63. The normalized spacial score (nSPS) is 11.0. The van der Waals surface area contributed by atoms with Gasteiger partial charge in [0.05, 0.1) is 28.4 Å². The van der Waals surface area contributed by atoms with Gasteiger partial charge in [0.15, 0.2) is 5.82 Å². The number of nitrogens with two attached hydrogens (primary N) is 2. The van der Waals surface area contributed by atoms with Gasteiger partial charge in [-0.3, -0.25) is 15.0 Å². The summed E-state index contributed by atoms with van der Waals surface area (Å²) in [6.45, 7) is 0.521. The maximum Gasteiger partial charge on any atom is 0.323 e. The SMILES string of the molecule is NC(=O)N(c1ccc(-c2ccc(OCCCc3cccnc3)c3[nH]nc(N)c23)cc1)c1ccc(F)c(Cl)c1. The van der Waals surface area contributed by atoms with E-state index >= 15 is 0 Å². The van der Waals surface area contributed by atoms with Gasteiger partial charge in [0.2, 0.25) is 0 Å². The zero-order valence-corrected chi connectivity index (χ0v) is 21.0. The van der Waals surface area contributed by atoms with Crippen molar-refractivity contribution in [2.45, 2.75) is 12.8 Å². The zero-order valence-electron chi connectivity index (χ0n) is 20.2. The van der Waals surface area contributed by atoms with Gasteiger partial charge in [-0.1, -0.05) is 29.8 Å². The van der Waals surface area contributed by atoms with Crippen molar-refractivity contribution in [3.63, 3.8) is 0 Å². The van der Waals surface area contributed by atoms with Crippen LogP contribution in [0, 0.1) is 5.82 Å². The molecule has 5 rings (SSSR count). The smallest absolute Gasteiger partial charge is 0.323 e. The molecule has 5 N–H and O–H groups in total. The number of hydrogen-bond donors (Lipinski definition) is 3. The van der Waals surface area contributed by atoms with Gasteiger partial charge in [0, 0.05) is 12.4 Å². The van der Waals surface area contributed by atoms with Gasteiger partial charge in [0.1, 0.15) is 17.1 Å². The minimum absolute atomic E-state index is 0.109. The lowest BCUT2D eigenvalue weighted by Gasteiger charge is -2.21. The molecule has 2 amide bonds. The molecule has 0 aliphatic rings. The molecule has 0 unspecified atom stereocenters. The molecule has 10 heteroatoms. The number of urea groups is 1. The quantitative estimate of drug-likeness (QED) is 0.205. The average molecular weight is 531 g/mol. The van der Waals surface area contributed by atoms with Gasteiger partial charge in [-0.25, -0.2) is 9.18 Å². The largest absolute Gasteiger partial charge is 0.491 e. The van der Waals surface area contributed by atoms with Crippen LogP contribution in [0.1, 0.15) is 12.0 Å². The van der Waals surface area contributed by atoms with Crippen LogP contribution in [-0.4, -0.2) is 27.8 Å². The standard InChI is InChI=1S/C28H24ClFN6O2/c29-22-15-20(9-11-23(22)30)36(28(32)37)19-7-5-18(6-8-19)21-10-12-24(26-25(21)27(31)35-34-26)38-14-2-4-17-3-1-13-33-16-17/h1,3,5-13,15-16H,2,4,14H2,(H2,32,37)(H3,31,34,35). The molecule has 0 bridgehead atoms. The molecule has 0 atom stereocenters. The van der Waals surface area contributed by atoms with Gasteiger partial charge in [-0.05, 0) is 78.1 Å². The molecule has 0 saturated heterocycles. The number of ether oxygens (including phenoxy) is 1. The number of benzene rings is 3. The van der Waals surface area contributed by atoms with Gasteiger partial charge < -0.3 is 16.2 Å². The van der Waals surface area contributed by atoms with Crippen molar-refractivity contribution < 1.29 is 13.9 Å². The maximum atomic E-state index is 13.6. The maximum absolute atomic E-state index is 13.6. The number of pyridine rings is 1. The number of halogens is 2. The average Bonchev–Trinajstić information content (AvgIpc) is 3.31. The van der Waals surface area contributed by atoms with Crippen molar-refractivity contribution in [1.29, 1.82) is 0 Å². The Morgan fingerprint density at radius 3 is 2.58 bits per heavy atom. The Bertz CT molecular complexity index is 1590. The molecule has 2 aromatic heterocycles. The molecule has 0 spiro atoms. The number of nitrogen functional groups attached to an aromatic ring is 1. The number of carbonyl (C=O) groups is 1. The summed E-state index contributed by atoms with van der Waals surface area (Å²) in [6.07, 6.45) is 5.30. The first-order valence-corrected chi connectivity index (χ1v) is 12.2.